The number of likely N-dealkylation sites (tertiary alicyclic amines) is 1. The molecule has 1 aliphatic heterocycles. The van der Waals surface area contributed by atoms with E-state index in [2.05, 4.69) is 15.0 Å². The van der Waals surface area contributed by atoms with Crippen LogP contribution >= 0.6 is 0 Å². The number of benzene rings is 1. The van der Waals surface area contributed by atoms with Crippen LogP contribution in [0.1, 0.15) is 25.0 Å². The molecule has 7 nitrogen and oxygen atoms in total. The molecule has 2 atom stereocenters. The number of carbonyl (C=O) groups is 1. The van der Waals surface area contributed by atoms with Crippen molar-refractivity contribution in [3.63, 3.8) is 0 Å². The van der Waals surface area contributed by atoms with Gasteiger partial charge in [-0.1, -0.05) is 12.1 Å². The minimum atomic E-state index is -0.748. The van der Waals surface area contributed by atoms with Crippen LogP contribution in [0.15, 0.2) is 59.5 Å². The largest absolute Gasteiger partial charge is 0.481 e. The van der Waals surface area contributed by atoms with Crippen LogP contribution in [0, 0.1) is 5.82 Å². The van der Waals surface area contributed by atoms with Crippen molar-refractivity contribution in [3.05, 3.63) is 76.6 Å². The van der Waals surface area contributed by atoms with Crippen molar-refractivity contribution in [2.75, 3.05) is 13.1 Å². The van der Waals surface area contributed by atoms with Gasteiger partial charge in [0.1, 0.15) is 17.3 Å². The highest BCUT2D eigenvalue weighted by Crippen LogP contribution is 2.27. The van der Waals surface area contributed by atoms with Crippen molar-refractivity contribution in [3.8, 4) is 17.3 Å². The van der Waals surface area contributed by atoms with Gasteiger partial charge in [-0.05, 0) is 37.6 Å². The summed E-state index contributed by atoms with van der Waals surface area (Å²) in [5.41, 5.74) is 0.959. The zero-order valence-electron chi connectivity index (χ0n) is 16.4. The number of H-pyrrole nitrogens is 1. The SMILES string of the molecule is C[C@H](Oc1cccc(F)c1)C(=O)N1CC[C@H](c2cc(=O)[nH]c(-c3ccccn3)n2)C1. The highest BCUT2D eigenvalue weighted by Gasteiger charge is 2.32. The second-order valence-corrected chi connectivity index (χ2v) is 7.22. The molecule has 1 saturated heterocycles. The molecule has 1 amide bonds. The molecule has 1 fully saturated rings. The van der Waals surface area contributed by atoms with Crippen molar-refractivity contribution < 1.29 is 13.9 Å². The Morgan fingerprint density at radius 3 is 2.90 bits per heavy atom. The summed E-state index contributed by atoms with van der Waals surface area (Å²) in [7, 11) is 0. The zero-order chi connectivity index (χ0) is 21.1. The van der Waals surface area contributed by atoms with Crippen molar-refractivity contribution >= 4 is 5.91 Å². The predicted molar refractivity (Wildman–Crippen MR) is 109 cm³/mol. The summed E-state index contributed by atoms with van der Waals surface area (Å²) in [6.45, 7) is 2.62. The van der Waals surface area contributed by atoms with E-state index < -0.39 is 11.9 Å². The summed E-state index contributed by atoms with van der Waals surface area (Å²) in [4.78, 5) is 38.1. The zero-order valence-corrected chi connectivity index (χ0v) is 16.4. The van der Waals surface area contributed by atoms with Crippen LogP contribution in [-0.2, 0) is 4.79 Å². The number of nitrogens with one attached hydrogen (secondary N) is 1. The topological polar surface area (TPSA) is 88.2 Å². The van der Waals surface area contributed by atoms with E-state index in [1.54, 1.807) is 36.2 Å². The first kappa shape index (κ1) is 19.8. The van der Waals surface area contributed by atoms with Gasteiger partial charge in [-0.3, -0.25) is 14.6 Å². The fraction of sp³-hybridized carbons (Fsp3) is 0.273. The van der Waals surface area contributed by atoms with Crippen LogP contribution in [0.3, 0.4) is 0 Å². The molecule has 1 N–H and O–H groups in total. The Bertz CT molecular complexity index is 1100. The van der Waals surface area contributed by atoms with E-state index in [1.807, 2.05) is 6.07 Å². The number of amides is 1. The fourth-order valence-electron chi connectivity index (χ4n) is 3.56. The third kappa shape index (κ3) is 4.37. The van der Waals surface area contributed by atoms with Gasteiger partial charge < -0.3 is 14.6 Å². The number of nitrogens with zero attached hydrogens (tertiary/aromatic N) is 3. The Morgan fingerprint density at radius 2 is 2.13 bits per heavy atom. The van der Waals surface area contributed by atoms with Crippen LogP contribution in [0.2, 0.25) is 0 Å². The van der Waals surface area contributed by atoms with Crippen molar-refractivity contribution in [1.29, 1.82) is 0 Å². The lowest BCUT2D eigenvalue weighted by Gasteiger charge is -2.22. The number of rotatable bonds is 5. The van der Waals surface area contributed by atoms with Gasteiger partial charge in [0.15, 0.2) is 11.9 Å². The quantitative estimate of drug-likeness (QED) is 0.701. The molecule has 3 aromatic rings. The number of hydrogen-bond donors (Lipinski definition) is 1. The van der Waals surface area contributed by atoms with Crippen LogP contribution < -0.4 is 10.3 Å². The first-order chi connectivity index (χ1) is 14.5. The highest BCUT2D eigenvalue weighted by atomic mass is 19.1. The summed E-state index contributed by atoms with van der Waals surface area (Å²) < 4.78 is 18.9. The molecule has 1 aromatic carbocycles. The maximum Gasteiger partial charge on any atom is 0.263 e. The predicted octanol–water partition coefficient (Wildman–Crippen LogP) is 2.75. The molecule has 8 heteroatoms. The molecule has 0 bridgehead atoms. The Kier molecular flexibility index (Phi) is 5.56. The van der Waals surface area contributed by atoms with E-state index >= 15 is 0 Å². The number of halogens is 1. The number of carbonyl (C=O) groups excluding carboxylic acids is 1. The molecule has 0 radical (unpaired) electrons. The van der Waals surface area contributed by atoms with Gasteiger partial charge in [0, 0.05) is 37.3 Å². The molecule has 1 aliphatic rings. The lowest BCUT2D eigenvalue weighted by Crippen LogP contribution is -2.39. The van der Waals surface area contributed by atoms with E-state index in [9.17, 15) is 14.0 Å². The molecule has 4 rings (SSSR count). The van der Waals surface area contributed by atoms with Crippen molar-refractivity contribution in [1.82, 2.24) is 19.9 Å². The summed E-state index contributed by atoms with van der Waals surface area (Å²) in [5, 5.41) is 0. The van der Waals surface area contributed by atoms with E-state index in [-0.39, 0.29) is 17.4 Å². The van der Waals surface area contributed by atoms with E-state index in [0.29, 0.717) is 42.5 Å². The van der Waals surface area contributed by atoms with Gasteiger partial charge in [0.05, 0.1) is 5.69 Å². The van der Waals surface area contributed by atoms with Crippen molar-refractivity contribution in [2.24, 2.45) is 0 Å². The Labute approximate surface area is 172 Å². The van der Waals surface area contributed by atoms with Gasteiger partial charge >= 0.3 is 0 Å². The Balaban J connectivity index is 1.46. The minimum absolute atomic E-state index is 0.0555. The van der Waals surface area contributed by atoms with Gasteiger partial charge in [0.2, 0.25) is 0 Å². The lowest BCUT2D eigenvalue weighted by atomic mass is 10.0. The molecule has 0 spiro atoms. The number of hydrogen-bond acceptors (Lipinski definition) is 5. The standard InChI is InChI=1S/C22H21FN4O3/c1-14(30-17-6-4-5-16(23)11-17)22(29)27-10-8-15(13-27)19-12-20(28)26-21(25-19)18-7-2-3-9-24-18/h2-7,9,11-12,14-15H,8,10,13H2,1H3,(H,25,26,28)/t14-,15-/m0/s1. The normalized spacial score (nSPS) is 17.0. The average molecular weight is 408 g/mol. The summed E-state index contributed by atoms with van der Waals surface area (Å²) >= 11 is 0. The van der Waals surface area contributed by atoms with Gasteiger partial charge in [0.25, 0.3) is 11.5 Å². The first-order valence-corrected chi connectivity index (χ1v) is 9.73. The second kappa shape index (κ2) is 8.44. The van der Waals surface area contributed by atoms with E-state index in [4.69, 9.17) is 4.74 Å². The van der Waals surface area contributed by atoms with Crippen molar-refractivity contribution in [2.45, 2.75) is 25.4 Å². The Hall–Kier alpha value is -3.55. The van der Waals surface area contributed by atoms with Crippen LogP contribution in [0.5, 0.6) is 5.75 Å². The minimum Gasteiger partial charge on any atom is -0.481 e. The summed E-state index contributed by atoms with van der Waals surface area (Å²) in [6, 6.07) is 12.6. The maximum atomic E-state index is 13.3. The summed E-state index contributed by atoms with van der Waals surface area (Å²) in [6.07, 6.45) is 1.58. The fourth-order valence-corrected chi connectivity index (χ4v) is 3.56. The molecule has 154 valence electrons. The molecular formula is C22H21FN4O3. The average Bonchev–Trinajstić information content (AvgIpc) is 3.24. The van der Waals surface area contributed by atoms with Gasteiger partial charge in [-0.15, -0.1) is 0 Å². The number of aromatic nitrogens is 3. The van der Waals surface area contributed by atoms with Gasteiger partial charge in [-0.25, -0.2) is 9.37 Å². The lowest BCUT2D eigenvalue weighted by molar-refractivity contribution is -0.136. The molecule has 0 aliphatic carbocycles. The molecule has 0 saturated carbocycles. The number of aromatic amines is 1. The molecular weight excluding hydrogens is 387 g/mol. The summed E-state index contributed by atoms with van der Waals surface area (Å²) in [5.74, 6) is 0.0580. The third-order valence-electron chi connectivity index (χ3n) is 5.04. The van der Waals surface area contributed by atoms with E-state index in [0.717, 1.165) is 0 Å². The van der Waals surface area contributed by atoms with Crippen LogP contribution in [0.4, 0.5) is 4.39 Å². The smallest absolute Gasteiger partial charge is 0.263 e. The molecule has 3 heterocycles. The van der Waals surface area contributed by atoms with E-state index in [1.165, 1.54) is 24.3 Å². The highest BCUT2D eigenvalue weighted by molar-refractivity contribution is 5.81. The first-order valence-electron chi connectivity index (χ1n) is 9.73. The Morgan fingerprint density at radius 1 is 1.27 bits per heavy atom. The number of ether oxygens (including phenoxy) is 1. The second-order valence-electron chi connectivity index (χ2n) is 7.22. The molecule has 30 heavy (non-hydrogen) atoms. The molecule has 2 aromatic heterocycles. The van der Waals surface area contributed by atoms with Crippen LogP contribution in [0.25, 0.3) is 11.5 Å². The monoisotopic (exact) mass is 408 g/mol. The maximum absolute atomic E-state index is 13.3. The van der Waals surface area contributed by atoms with Crippen LogP contribution in [-0.4, -0.2) is 45.0 Å². The number of pyridine rings is 1. The van der Waals surface area contributed by atoms with Gasteiger partial charge in [-0.2, -0.15) is 0 Å². The third-order valence-corrected chi connectivity index (χ3v) is 5.04. The molecule has 0 unspecified atom stereocenters.